The number of nitrogens with zero attached hydrogens (tertiary/aromatic N) is 1. The lowest BCUT2D eigenvalue weighted by molar-refractivity contribution is -0.125. The Morgan fingerprint density at radius 3 is 2.57 bits per heavy atom. The van der Waals surface area contributed by atoms with Crippen LogP contribution in [0.25, 0.3) is 0 Å². The first-order valence-electron chi connectivity index (χ1n) is 8.50. The van der Waals surface area contributed by atoms with Gasteiger partial charge in [0.15, 0.2) is 0 Å². The Hall–Kier alpha value is -0.260. The van der Waals surface area contributed by atoms with Gasteiger partial charge in [0.2, 0.25) is 5.91 Å². The van der Waals surface area contributed by atoms with Crippen LogP contribution in [-0.4, -0.2) is 61.2 Å². The van der Waals surface area contributed by atoms with E-state index in [0.717, 1.165) is 25.6 Å². The van der Waals surface area contributed by atoms with Gasteiger partial charge in [-0.05, 0) is 62.6 Å². The number of amides is 1. The van der Waals surface area contributed by atoms with Gasteiger partial charge in [0, 0.05) is 19.2 Å². The molecule has 1 N–H and O–H groups in total. The molecule has 1 atom stereocenters. The SMILES string of the molecule is O=C(NCC1CCN(C2CCSCC2)CC1)[C@@H]1CCOC1. The van der Waals surface area contributed by atoms with Crippen molar-refractivity contribution in [2.45, 2.75) is 38.1 Å². The molecule has 3 aliphatic heterocycles. The minimum absolute atomic E-state index is 0.102. The quantitative estimate of drug-likeness (QED) is 0.859. The molecule has 4 nitrogen and oxygen atoms in total. The minimum Gasteiger partial charge on any atom is -0.381 e. The number of ether oxygens (including phenoxy) is 1. The zero-order valence-electron chi connectivity index (χ0n) is 12.9. The van der Waals surface area contributed by atoms with Gasteiger partial charge in [-0.2, -0.15) is 11.8 Å². The maximum atomic E-state index is 12.0. The molecule has 120 valence electrons. The zero-order valence-corrected chi connectivity index (χ0v) is 13.7. The van der Waals surface area contributed by atoms with Gasteiger partial charge >= 0.3 is 0 Å². The normalized spacial score (nSPS) is 29.6. The molecule has 0 aromatic heterocycles. The third-order valence-electron chi connectivity index (χ3n) is 5.22. The molecule has 3 heterocycles. The molecule has 5 heteroatoms. The second-order valence-electron chi connectivity index (χ2n) is 6.63. The van der Waals surface area contributed by atoms with Crippen LogP contribution < -0.4 is 5.32 Å². The van der Waals surface area contributed by atoms with E-state index < -0.39 is 0 Å². The van der Waals surface area contributed by atoms with Gasteiger partial charge in [-0.1, -0.05) is 0 Å². The Bertz CT molecular complexity index is 333. The standard InChI is InChI=1S/C16H28N2O2S/c19-16(14-3-8-20-12-14)17-11-13-1-6-18(7-2-13)15-4-9-21-10-5-15/h13-15H,1-12H2,(H,17,19)/t14-/m1/s1. The van der Waals surface area contributed by atoms with Crippen molar-refractivity contribution in [3.63, 3.8) is 0 Å². The van der Waals surface area contributed by atoms with Crippen molar-refractivity contribution in [3.8, 4) is 0 Å². The summed E-state index contributed by atoms with van der Waals surface area (Å²) in [7, 11) is 0. The Morgan fingerprint density at radius 1 is 1.14 bits per heavy atom. The molecule has 0 spiro atoms. The first-order chi connectivity index (χ1) is 10.3. The van der Waals surface area contributed by atoms with E-state index in [2.05, 4.69) is 22.0 Å². The number of thioether (sulfide) groups is 1. The summed E-state index contributed by atoms with van der Waals surface area (Å²) in [5, 5.41) is 3.15. The summed E-state index contributed by atoms with van der Waals surface area (Å²) in [6.07, 6.45) is 6.11. The smallest absolute Gasteiger partial charge is 0.225 e. The summed E-state index contributed by atoms with van der Waals surface area (Å²) in [4.78, 5) is 14.7. The van der Waals surface area contributed by atoms with Crippen molar-refractivity contribution in [1.82, 2.24) is 10.2 Å². The molecule has 3 fully saturated rings. The van der Waals surface area contributed by atoms with E-state index in [1.165, 1.54) is 50.3 Å². The molecule has 3 saturated heterocycles. The molecule has 21 heavy (non-hydrogen) atoms. The summed E-state index contributed by atoms with van der Waals surface area (Å²) in [5.41, 5.74) is 0. The summed E-state index contributed by atoms with van der Waals surface area (Å²) in [6, 6.07) is 0.831. The van der Waals surface area contributed by atoms with Gasteiger partial charge in [0.25, 0.3) is 0 Å². The number of carbonyl (C=O) groups is 1. The van der Waals surface area contributed by atoms with Crippen LogP contribution in [0.15, 0.2) is 0 Å². The number of piperidine rings is 1. The van der Waals surface area contributed by atoms with E-state index >= 15 is 0 Å². The van der Waals surface area contributed by atoms with E-state index in [1.807, 2.05) is 0 Å². The average molecular weight is 312 g/mol. The van der Waals surface area contributed by atoms with Crippen molar-refractivity contribution in [1.29, 1.82) is 0 Å². The van der Waals surface area contributed by atoms with E-state index in [-0.39, 0.29) is 11.8 Å². The van der Waals surface area contributed by atoms with Crippen LogP contribution in [0.1, 0.15) is 32.1 Å². The molecule has 0 aromatic carbocycles. The monoisotopic (exact) mass is 312 g/mol. The number of nitrogens with one attached hydrogen (secondary N) is 1. The molecule has 0 saturated carbocycles. The lowest BCUT2D eigenvalue weighted by Gasteiger charge is -2.39. The molecular weight excluding hydrogens is 284 g/mol. The van der Waals surface area contributed by atoms with Crippen LogP contribution in [0.5, 0.6) is 0 Å². The Labute approximate surface area is 132 Å². The van der Waals surface area contributed by atoms with Crippen LogP contribution in [-0.2, 0) is 9.53 Å². The van der Waals surface area contributed by atoms with Crippen molar-refractivity contribution in [3.05, 3.63) is 0 Å². The Kier molecular flexibility index (Phi) is 5.83. The van der Waals surface area contributed by atoms with Crippen molar-refractivity contribution >= 4 is 17.7 Å². The molecule has 0 aliphatic carbocycles. The topological polar surface area (TPSA) is 41.6 Å². The summed E-state index contributed by atoms with van der Waals surface area (Å²) in [5.74, 6) is 3.66. The summed E-state index contributed by atoms with van der Waals surface area (Å²) >= 11 is 2.10. The van der Waals surface area contributed by atoms with Crippen LogP contribution >= 0.6 is 11.8 Å². The third kappa shape index (κ3) is 4.36. The number of hydrogen-bond acceptors (Lipinski definition) is 4. The van der Waals surface area contributed by atoms with E-state index in [4.69, 9.17) is 4.74 Å². The highest BCUT2D eigenvalue weighted by molar-refractivity contribution is 7.99. The first kappa shape index (κ1) is 15.6. The second kappa shape index (κ2) is 7.84. The number of carbonyl (C=O) groups excluding carboxylic acids is 1. The van der Waals surface area contributed by atoms with Gasteiger partial charge in [0.1, 0.15) is 0 Å². The van der Waals surface area contributed by atoms with Crippen LogP contribution in [0.4, 0.5) is 0 Å². The number of rotatable bonds is 4. The fourth-order valence-corrected chi connectivity index (χ4v) is 4.78. The Morgan fingerprint density at radius 2 is 1.90 bits per heavy atom. The van der Waals surface area contributed by atoms with Crippen molar-refractivity contribution in [2.75, 3.05) is 44.4 Å². The van der Waals surface area contributed by atoms with Gasteiger partial charge in [-0.15, -0.1) is 0 Å². The average Bonchev–Trinajstić information content (AvgIpc) is 3.08. The number of likely N-dealkylation sites (tertiary alicyclic amines) is 1. The first-order valence-corrected chi connectivity index (χ1v) is 9.65. The van der Waals surface area contributed by atoms with Crippen LogP contribution in [0.2, 0.25) is 0 Å². The molecule has 3 aliphatic rings. The van der Waals surface area contributed by atoms with Crippen molar-refractivity contribution < 1.29 is 9.53 Å². The predicted molar refractivity (Wildman–Crippen MR) is 86.6 cm³/mol. The summed E-state index contributed by atoms with van der Waals surface area (Å²) in [6.45, 7) is 4.68. The van der Waals surface area contributed by atoms with Gasteiger partial charge in [0.05, 0.1) is 12.5 Å². The zero-order chi connectivity index (χ0) is 14.5. The van der Waals surface area contributed by atoms with E-state index in [9.17, 15) is 4.79 Å². The van der Waals surface area contributed by atoms with Crippen LogP contribution in [0, 0.1) is 11.8 Å². The molecule has 3 rings (SSSR count). The highest BCUT2D eigenvalue weighted by atomic mass is 32.2. The van der Waals surface area contributed by atoms with Gasteiger partial charge in [-0.25, -0.2) is 0 Å². The highest BCUT2D eigenvalue weighted by Crippen LogP contribution is 2.26. The predicted octanol–water partition coefficient (Wildman–Crippen LogP) is 1.75. The lowest BCUT2D eigenvalue weighted by atomic mass is 9.94. The third-order valence-corrected chi connectivity index (χ3v) is 6.27. The van der Waals surface area contributed by atoms with E-state index in [1.54, 1.807) is 0 Å². The van der Waals surface area contributed by atoms with Crippen LogP contribution in [0.3, 0.4) is 0 Å². The number of hydrogen-bond donors (Lipinski definition) is 1. The van der Waals surface area contributed by atoms with Gasteiger partial charge < -0.3 is 15.0 Å². The van der Waals surface area contributed by atoms with Gasteiger partial charge in [-0.3, -0.25) is 4.79 Å². The second-order valence-corrected chi connectivity index (χ2v) is 7.85. The maximum absolute atomic E-state index is 12.0. The molecule has 1 amide bonds. The Balaban J connectivity index is 1.34. The molecular formula is C16H28N2O2S. The molecule has 0 radical (unpaired) electrons. The highest BCUT2D eigenvalue weighted by Gasteiger charge is 2.28. The lowest BCUT2D eigenvalue weighted by Crippen LogP contribution is -2.45. The van der Waals surface area contributed by atoms with Crippen molar-refractivity contribution in [2.24, 2.45) is 11.8 Å². The minimum atomic E-state index is 0.102. The fraction of sp³-hybridized carbons (Fsp3) is 0.938. The molecule has 0 unspecified atom stereocenters. The molecule has 0 aromatic rings. The fourth-order valence-electron chi connectivity index (χ4n) is 3.70. The van der Waals surface area contributed by atoms with E-state index in [0.29, 0.717) is 12.5 Å². The molecule has 0 bridgehead atoms. The maximum Gasteiger partial charge on any atom is 0.225 e. The largest absolute Gasteiger partial charge is 0.381 e. The summed E-state index contributed by atoms with van der Waals surface area (Å²) < 4.78 is 5.28.